The summed E-state index contributed by atoms with van der Waals surface area (Å²) in [6.45, 7) is 10.7. The first-order valence-corrected chi connectivity index (χ1v) is 10.3. The SMILES string of the molecule is CN=C(NCCCOCC1CCCO1)NCc1cccc(COC(C)(C)C)c1. The number of ether oxygens (including phenoxy) is 3. The highest BCUT2D eigenvalue weighted by molar-refractivity contribution is 5.79. The van der Waals surface area contributed by atoms with E-state index in [4.69, 9.17) is 14.2 Å². The number of nitrogens with zero attached hydrogens (tertiary/aromatic N) is 1. The van der Waals surface area contributed by atoms with Crippen molar-refractivity contribution in [1.29, 1.82) is 0 Å². The van der Waals surface area contributed by atoms with Crippen LogP contribution >= 0.6 is 0 Å². The smallest absolute Gasteiger partial charge is 0.191 e. The summed E-state index contributed by atoms with van der Waals surface area (Å²) in [5, 5.41) is 6.69. The Morgan fingerprint density at radius 3 is 2.79 bits per heavy atom. The summed E-state index contributed by atoms with van der Waals surface area (Å²) in [6.07, 6.45) is 3.52. The third-order valence-corrected chi connectivity index (χ3v) is 4.43. The van der Waals surface area contributed by atoms with Gasteiger partial charge in [0.15, 0.2) is 5.96 Å². The molecule has 158 valence electrons. The molecular weight excluding hydrogens is 354 g/mol. The first-order chi connectivity index (χ1) is 13.5. The maximum Gasteiger partial charge on any atom is 0.191 e. The quantitative estimate of drug-likeness (QED) is 0.364. The molecule has 1 aliphatic heterocycles. The van der Waals surface area contributed by atoms with E-state index in [9.17, 15) is 0 Å². The van der Waals surface area contributed by atoms with Gasteiger partial charge in [0.05, 0.1) is 24.9 Å². The molecule has 1 aromatic rings. The van der Waals surface area contributed by atoms with Gasteiger partial charge < -0.3 is 24.8 Å². The van der Waals surface area contributed by atoms with Crippen LogP contribution in [0.5, 0.6) is 0 Å². The van der Waals surface area contributed by atoms with Gasteiger partial charge in [-0.25, -0.2) is 0 Å². The number of nitrogens with one attached hydrogen (secondary N) is 2. The normalized spacial score (nSPS) is 17.7. The number of hydrogen-bond acceptors (Lipinski definition) is 4. The summed E-state index contributed by atoms with van der Waals surface area (Å²) in [5.41, 5.74) is 2.26. The number of rotatable bonds is 10. The Balaban J connectivity index is 1.62. The molecule has 1 unspecified atom stereocenters. The molecule has 1 atom stereocenters. The number of guanidine groups is 1. The van der Waals surface area contributed by atoms with E-state index in [1.54, 1.807) is 7.05 Å². The topological polar surface area (TPSA) is 64.1 Å². The van der Waals surface area contributed by atoms with E-state index < -0.39 is 0 Å². The van der Waals surface area contributed by atoms with E-state index in [2.05, 4.69) is 60.7 Å². The predicted octanol–water partition coefficient (Wildman–Crippen LogP) is 3.25. The zero-order chi connectivity index (χ0) is 20.2. The summed E-state index contributed by atoms with van der Waals surface area (Å²) in [7, 11) is 1.79. The second kappa shape index (κ2) is 12.0. The lowest BCUT2D eigenvalue weighted by Gasteiger charge is -2.19. The van der Waals surface area contributed by atoms with Crippen LogP contribution in [-0.4, -0.2) is 51.1 Å². The first-order valence-electron chi connectivity index (χ1n) is 10.3. The van der Waals surface area contributed by atoms with Crippen LogP contribution in [-0.2, 0) is 27.4 Å². The van der Waals surface area contributed by atoms with Crippen molar-refractivity contribution in [2.45, 2.75) is 64.9 Å². The van der Waals surface area contributed by atoms with Crippen molar-refractivity contribution in [2.24, 2.45) is 4.99 Å². The highest BCUT2D eigenvalue weighted by Crippen LogP contribution is 2.13. The lowest BCUT2D eigenvalue weighted by Crippen LogP contribution is -2.37. The second-order valence-electron chi connectivity index (χ2n) is 8.14. The Kier molecular flexibility index (Phi) is 9.75. The molecule has 6 nitrogen and oxygen atoms in total. The fourth-order valence-corrected chi connectivity index (χ4v) is 2.91. The average Bonchev–Trinajstić information content (AvgIpc) is 3.18. The van der Waals surface area contributed by atoms with Crippen molar-refractivity contribution in [1.82, 2.24) is 10.6 Å². The summed E-state index contributed by atoms with van der Waals surface area (Å²) in [6, 6.07) is 8.45. The summed E-state index contributed by atoms with van der Waals surface area (Å²) < 4.78 is 17.1. The number of hydrogen-bond donors (Lipinski definition) is 2. The fourth-order valence-electron chi connectivity index (χ4n) is 2.91. The fraction of sp³-hybridized carbons (Fsp3) is 0.682. The Bertz CT molecular complexity index is 593. The van der Waals surface area contributed by atoms with Gasteiger partial charge >= 0.3 is 0 Å². The largest absolute Gasteiger partial charge is 0.379 e. The van der Waals surface area contributed by atoms with Crippen LogP contribution in [0, 0.1) is 0 Å². The molecular formula is C22H37N3O3. The van der Waals surface area contributed by atoms with Gasteiger partial charge in [0.1, 0.15) is 0 Å². The van der Waals surface area contributed by atoms with Gasteiger partial charge in [-0.05, 0) is 51.2 Å². The standard InChI is InChI=1S/C22H37N3O3/c1-22(2,3)28-16-19-9-5-8-18(14-19)15-25-21(23-4)24-11-7-12-26-17-20-10-6-13-27-20/h5,8-9,14,20H,6-7,10-13,15-17H2,1-4H3,(H2,23,24,25). The Labute approximate surface area is 170 Å². The molecule has 1 fully saturated rings. The van der Waals surface area contributed by atoms with E-state index in [1.807, 2.05) is 0 Å². The second-order valence-corrected chi connectivity index (χ2v) is 8.14. The minimum atomic E-state index is -0.131. The molecule has 28 heavy (non-hydrogen) atoms. The summed E-state index contributed by atoms with van der Waals surface area (Å²) in [4.78, 5) is 4.28. The van der Waals surface area contributed by atoms with Crippen LogP contribution in [0.3, 0.4) is 0 Å². The third-order valence-electron chi connectivity index (χ3n) is 4.43. The molecule has 2 rings (SSSR count). The highest BCUT2D eigenvalue weighted by Gasteiger charge is 2.15. The van der Waals surface area contributed by atoms with Crippen LogP contribution in [0.25, 0.3) is 0 Å². The molecule has 6 heteroatoms. The van der Waals surface area contributed by atoms with E-state index >= 15 is 0 Å². The van der Waals surface area contributed by atoms with Gasteiger partial charge in [0, 0.05) is 33.4 Å². The Hall–Kier alpha value is -1.63. The molecule has 0 aromatic heterocycles. The number of benzene rings is 1. The summed E-state index contributed by atoms with van der Waals surface area (Å²) >= 11 is 0. The molecule has 1 aromatic carbocycles. The predicted molar refractivity (Wildman–Crippen MR) is 114 cm³/mol. The zero-order valence-electron chi connectivity index (χ0n) is 17.9. The molecule has 1 heterocycles. The molecule has 1 aliphatic rings. The van der Waals surface area contributed by atoms with Crippen molar-refractivity contribution in [2.75, 3.05) is 33.4 Å². The molecule has 1 saturated heterocycles. The first kappa shape index (κ1) is 22.7. The van der Waals surface area contributed by atoms with E-state index in [0.717, 1.165) is 51.5 Å². The van der Waals surface area contributed by atoms with Crippen LogP contribution in [0.2, 0.25) is 0 Å². The number of aliphatic imine (C=N–C) groups is 1. The maximum atomic E-state index is 5.86. The Morgan fingerprint density at radius 1 is 1.25 bits per heavy atom. The molecule has 0 bridgehead atoms. The average molecular weight is 392 g/mol. The van der Waals surface area contributed by atoms with Crippen LogP contribution in [0.15, 0.2) is 29.3 Å². The summed E-state index contributed by atoms with van der Waals surface area (Å²) in [5.74, 6) is 0.801. The third kappa shape index (κ3) is 9.53. The molecule has 0 spiro atoms. The van der Waals surface area contributed by atoms with E-state index in [1.165, 1.54) is 11.1 Å². The van der Waals surface area contributed by atoms with Gasteiger partial charge in [-0.1, -0.05) is 24.3 Å². The van der Waals surface area contributed by atoms with Crippen molar-refractivity contribution in [3.63, 3.8) is 0 Å². The van der Waals surface area contributed by atoms with Crippen LogP contribution < -0.4 is 10.6 Å². The van der Waals surface area contributed by atoms with Crippen LogP contribution in [0.4, 0.5) is 0 Å². The zero-order valence-corrected chi connectivity index (χ0v) is 17.9. The van der Waals surface area contributed by atoms with Crippen molar-refractivity contribution < 1.29 is 14.2 Å². The monoisotopic (exact) mass is 391 g/mol. The molecule has 0 aliphatic carbocycles. The molecule has 0 radical (unpaired) electrons. The van der Waals surface area contributed by atoms with Crippen molar-refractivity contribution >= 4 is 5.96 Å². The van der Waals surface area contributed by atoms with Gasteiger partial charge in [0.25, 0.3) is 0 Å². The molecule has 2 N–H and O–H groups in total. The maximum absolute atomic E-state index is 5.86. The minimum Gasteiger partial charge on any atom is -0.379 e. The Morgan fingerprint density at radius 2 is 2.07 bits per heavy atom. The lowest BCUT2D eigenvalue weighted by molar-refractivity contribution is -0.0149. The van der Waals surface area contributed by atoms with Gasteiger partial charge in [-0.3, -0.25) is 4.99 Å². The minimum absolute atomic E-state index is 0.131. The molecule has 0 amide bonds. The van der Waals surface area contributed by atoms with E-state index in [0.29, 0.717) is 19.3 Å². The van der Waals surface area contributed by atoms with Crippen molar-refractivity contribution in [3.05, 3.63) is 35.4 Å². The van der Waals surface area contributed by atoms with Crippen LogP contribution in [0.1, 0.15) is 51.2 Å². The lowest BCUT2D eigenvalue weighted by atomic mass is 10.1. The van der Waals surface area contributed by atoms with Crippen molar-refractivity contribution in [3.8, 4) is 0 Å². The highest BCUT2D eigenvalue weighted by atomic mass is 16.5. The molecule has 0 saturated carbocycles. The van der Waals surface area contributed by atoms with Gasteiger partial charge in [-0.15, -0.1) is 0 Å². The van der Waals surface area contributed by atoms with Gasteiger partial charge in [-0.2, -0.15) is 0 Å². The van der Waals surface area contributed by atoms with Gasteiger partial charge in [0.2, 0.25) is 0 Å². The van der Waals surface area contributed by atoms with E-state index in [-0.39, 0.29) is 5.60 Å².